The van der Waals surface area contributed by atoms with E-state index in [-0.39, 0.29) is 0 Å². The number of carbonyl (C=O) groups excluding carboxylic acids is 1. The Bertz CT molecular complexity index is 1160. The molecule has 2 N–H and O–H groups in total. The SMILES string of the molecule is COc1cc2nc(C)sc2cc1NC(=O)NC(C)c1ncnn1-c1ncccn1. The maximum atomic E-state index is 12.6. The van der Waals surface area contributed by atoms with Crippen molar-refractivity contribution < 1.29 is 9.53 Å². The van der Waals surface area contributed by atoms with Crippen LogP contribution in [0.5, 0.6) is 5.75 Å². The van der Waals surface area contributed by atoms with Crippen molar-refractivity contribution in [2.24, 2.45) is 0 Å². The molecule has 0 aliphatic rings. The fraction of sp³-hybridized carbons (Fsp3) is 0.222. The van der Waals surface area contributed by atoms with Gasteiger partial charge in [-0.1, -0.05) is 0 Å². The van der Waals surface area contributed by atoms with E-state index >= 15 is 0 Å². The zero-order chi connectivity index (χ0) is 20.4. The molecule has 0 bridgehead atoms. The first-order valence-corrected chi connectivity index (χ1v) is 9.57. The lowest BCUT2D eigenvalue weighted by atomic mass is 10.2. The van der Waals surface area contributed by atoms with E-state index in [1.165, 1.54) is 11.0 Å². The third-order valence-electron chi connectivity index (χ3n) is 4.12. The van der Waals surface area contributed by atoms with Crippen LogP contribution in [0.3, 0.4) is 0 Å². The zero-order valence-corrected chi connectivity index (χ0v) is 16.8. The lowest BCUT2D eigenvalue weighted by molar-refractivity contribution is 0.248. The summed E-state index contributed by atoms with van der Waals surface area (Å²) in [5.74, 6) is 1.42. The van der Waals surface area contributed by atoms with E-state index in [4.69, 9.17) is 4.74 Å². The number of carbonyl (C=O) groups is 1. The molecule has 148 valence electrons. The molecule has 4 aromatic rings. The highest BCUT2D eigenvalue weighted by Crippen LogP contribution is 2.33. The Hall–Kier alpha value is -3.60. The maximum absolute atomic E-state index is 12.6. The molecule has 2 amide bonds. The summed E-state index contributed by atoms with van der Waals surface area (Å²) in [4.78, 5) is 29.6. The number of fused-ring (bicyclic) bond motifs is 1. The molecule has 0 saturated heterocycles. The molecule has 1 aromatic carbocycles. The Morgan fingerprint density at radius 1 is 1.24 bits per heavy atom. The van der Waals surface area contributed by atoms with Crippen molar-refractivity contribution in [1.29, 1.82) is 0 Å². The number of rotatable bonds is 5. The molecule has 0 aliphatic carbocycles. The van der Waals surface area contributed by atoms with Gasteiger partial charge in [0, 0.05) is 18.5 Å². The standard InChI is InChI=1S/C18H18N8O2S/c1-10(16-21-9-22-26(16)17-19-5-4-6-20-17)23-18(27)25-12-8-15-13(7-14(12)28-3)24-11(2)29-15/h4-10H,1-3H3,(H2,23,25,27). The van der Waals surface area contributed by atoms with E-state index in [1.807, 2.05) is 13.0 Å². The zero-order valence-electron chi connectivity index (χ0n) is 15.9. The number of nitrogens with one attached hydrogen (secondary N) is 2. The summed E-state index contributed by atoms with van der Waals surface area (Å²) in [6.07, 6.45) is 4.62. The number of nitrogens with zero attached hydrogens (tertiary/aromatic N) is 6. The van der Waals surface area contributed by atoms with Crippen molar-refractivity contribution in [2.75, 3.05) is 12.4 Å². The van der Waals surface area contributed by atoms with Gasteiger partial charge in [0.1, 0.15) is 12.1 Å². The van der Waals surface area contributed by atoms with E-state index in [2.05, 4.69) is 35.7 Å². The molecule has 0 saturated carbocycles. The molecule has 0 spiro atoms. The molecule has 3 heterocycles. The van der Waals surface area contributed by atoms with Gasteiger partial charge < -0.3 is 15.4 Å². The number of hydrogen-bond donors (Lipinski definition) is 2. The molecule has 1 unspecified atom stereocenters. The van der Waals surface area contributed by atoms with Crippen LogP contribution in [0.4, 0.5) is 10.5 Å². The van der Waals surface area contributed by atoms with Gasteiger partial charge in [-0.05, 0) is 26.0 Å². The van der Waals surface area contributed by atoms with Gasteiger partial charge >= 0.3 is 6.03 Å². The summed E-state index contributed by atoms with van der Waals surface area (Å²) < 4.78 is 7.85. The third kappa shape index (κ3) is 3.85. The number of urea groups is 1. The number of amides is 2. The predicted molar refractivity (Wildman–Crippen MR) is 108 cm³/mol. The molecule has 0 radical (unpaired) electrons. The van der Waals surface area contributed by atoms with E-state index in [0.29, 0.717) is 23.2 Å². The van der Waals surface area contributed by atoms with Crippen LogP contribution in [0.15, 0.2) is 36.9 Å². The van der Waals surface area contributed by atoms with Crippen LogP contribution in [0.1, 0.15) is 23.8 Å². The quantitative estimate of drug-likeness (QED) is 0.519. The van der Waals surface area contributed by atoms with Crippen LogP contribution in [0.2, 0.25) is 0 Å². The highest BCUT2D eigenvalue weighted by molar-refractivity contribution is 7.18. The van der Waals surface area contributed by atoms with Gasteiger partial charge in [-0.15, -0.1) is 11.3 Å². The summed E-state index contributed by atoms with van der Waals surface area (Å²) in [6, 6.07) is 4.52. The van der Waals surface area contributed by atoms with Crippen LogP contribution in [-0.4, -0.2) is 42.9 Å². The Balaban J connectivity index is 1.52. The van der Waals surface area contributed by atoms with Crippen LogP contribution in [-0.2, 0) is 0 Å². The molecule has 0 fully saturated rings. The Kier molecular flexibility index (Phi) is 5.04. The molecule has 29 heavy (non-hydrogen) atoms. The molecule has 0 aliphatic heterocycles. The Labute approximate surface area is 170 Å². The monoisotopic (exact) mass is 410 g/mol. The number of aromatic nitrogens is 6. The van der Waals surface area contributed by atoms with Gasteiger partial charge in [-0.3, -0.25) is 0 Å². The molecular weight excluding hydrogens is 392 g/mol. The maximum Gasteiger partial charge on any atom is 0.319 e. The van der Waals surface area contributed by atoms with Crippen LogP contribution in [0, 0.1) is 6.92 Å². The molecular formula is C18H18N8O2S. The average molecular weight is 410 g/mol. The van der Waals surface area contributed by atoms with Gasteiger partial charge in [0.15, 0.2) is 5.82 Å². The highest BCUT2D eigenvalue weighted by Gasteiger charge is 2.19. The minimum absolute atomic E-state index is 0.377. The minimum atomic E-state index is -0.443. The summed E-state index contributed by atoms with van der Waals surface area (Å²) in [5.41, 5.74) is 1.39. The predicted octanol–water partition coefficient (Wildman–Crippen LogP) is 2.87. The number of hydrogen-bond acceptors (Lipinski definition) is 8. The number of aryl methyl sites for hydroxylation is 1. The summed E-state index contributed by atoms with van der Waals surface area (Å²) >= 11 is 1.55. The first-order valence-electron chi connectivity index (χ1n) is 8.75. The fourth-order valence-corrected chi connectivity index (χ4v) is 3.70. The third-order valence-corrected chi connectivity index (χ3v) is 5.05. The summed E-state index contributed by atoms with van der Waals surface area (Å²) in [5, 5.41) is 10.8. The highest BCUT2D eigenvalue weighted by atomic mass is 32.1. The number of anilines is 1. The number of ether oxygens (including phenoxy) is 1. The van der Waals surface area contributed by atoms with Gasteiger partial charge in [0.25, 0.3) is 5.95 Å². The van der Waals surface area contributed by atoms with Crippen LogP contribution >= 0.6 is 11.3 Å². The topological polar surface area (TPSA) is 120 Å². The largest absolute Gasteiger partial charge is 0.494 e. The summed E-state index contributed by atoms with van der Waals surface area (Å²) in [7, 11) is 1.55. The summed E-state index contributed by atoms with van der Waals surface area (Å²) in [6.45, 7) is 3.74. The smallest absolute Gasteiger partial charge is 0.319 e. The van der Waals surface area contributed by atoms with Crippen molar-refractivity contribution in [1.82, 2.24) is 35.0 Å². The molecule has 1 atom stereocenters. The fourth-order valence-electron chi connectivity index (χ4n) is 2.86. The lowest BCUT2D eigenvalue weighted by Gasteiger charge is -2.16. The Morgan fingerprint density at radius 3 is 2.79 bits per heavy atom. The lowest BCUT2D eigenvalue weighted by Crippen LogP contribution is -2.32. The van der Waals surface area contributed by atoms with E-state index < -0.39 is 12.1 Å². The van der Waals surface area contributed by atoms with E-state index in [9.17, 15) is 4.79 Å². The van der Waals surface area contributed by atoms with Crippen molar-refractivity contribution in [2.45, 2.75) is 19.9 Å². The average Bonchev–Trinajstić information content (AvgIpc) is 3.33. The van der Waals surface area contributed by atoms with Crippen LogP contribution < -0.4 is 15.4 Å². The first kappa shape index (κ1) is 18.7. The second kappa shape index (κ2) is 7.80. The molecule has 4 rings (SSSR count). The number of thiazole rings is 1. The molecule has 3 aromatic heterocycles. The number of benzene rings is 1. The van der Waals surface area contributed by atoms with Crippen LogP contribution in [0.25, 0.3) is 16.2 Å². The normalized spacial score (nSPS) is 12.0. The van der Waals surface area contributed by atoms with E-state index in [1.54, 1.807) is 49.9 Å². The van der Waals surface area contributed by atoms with Crippen molar-refractivity contribution in [3.05, 3.63) is 47.8 Å². The van der Waals surface area contributed by atoms with Gasteiger partial charge in [-0.2, -0.15) is 9.78 Å². The molecule has 11 heteroatoms. The van der Waals surface area contributed by atoms with Crippen molar-refractivity contribution >= 4 is 33.3 Å². The Morgan fingerprint density at radius 2 is 2.03 bits per heavy atom. The second-order valence-electron chi connectivity index (χ2n) is 6.15. The first-order chi connectivity index (χ1) is 14.0. The second-order valence-corrected chi connectivity index (χ2v) is 7.39. The number of methoxy groups -OCH3 is 1. The van der Waals surface area contributed by atoms with Crippen molar-refractivity contribution in [3.8, 4) is 11.7 Å². The van der Waals surface area contributed by atoms with Gasteiger partial charge in [0.2, 0.25) is 0 Å². The molecule has 10 nitrogen and oxygen atoms in total. The van der Waals surface area contributed by atoms with Gasteiger partial charge in [0.05, 0.1) is 34.1 Å². The minimum Gasteiger partial charge on any atom is -0.494 e. The van der Waals surface area contributed by atoms with E-state index in [0.717, 1.165) is 15.2 Å². The van der Waals surface area contributed by atoms with Gasteiger partial charge in [-0.25, -0.2) is 24.7 Å². The van der Waals surface area contributed by atoms with Crippen molar-refractivity contribution in [3.63, 3.8) is 0 Å².